The molecule has 17 heavy (non-hydrogen) atoms. The molecule has 0 radical (unpaired) electrons. The second kappa shape index (κ2) is 5.05. The Balaban J connectivity index is 2.00. The van der Waals surface area contributed by atoms with Crippen molar-refractivity contribution < 1.29 is 4.74 Å². The first-order valence-electron chi connectivity index (χ1n) is 5.04. The van der Waals surface area contributed by atoms with Crippen LogP contribution in [-0.4, -0.2) is 9.78 Å². The van der Waals surface area contributed by atoms with Crippen molar-refractivity contribution in [2.24, 2.45) is 12.2 Å². The van der Waals surface area contributed by atoms with Gasteiger partial charge >= 0.3 is 0 Å². The molecule has 1 aromatic heterocycles. The molecular weight excluding hydrogens is 218 g/mol. The molecule has 1 heterocycles. The highest BCUT2D eigenvalue weighted by Gasteiger charge is 1.99. The molecule has 0 N–H and O–H groups in total. The van der Waals surface area contributed by atoms with Crippen molar-refractivity contribution in [1.82, 2.24) is 9.78 Å². The highest BCUT2D eigenvalue weighted by atomic mass is 16.5. The van der Waals surface area contributed by atoms with Crippen LogP contribution in [0.2, 0.25) is 0 Å². The first kappa shape index (κ1) is 11.0. The third-order valence-corrected chi connectivity index (χ3v) is 2.31. The normalized spacial score (nSPS) is 9.71. The summed E-state index contributed by atoms with van der Waals surface area (Å²) in [4.78, 5) is 2.71. The standard InChI is InChI=1S/C11H11N5O/c1-16-10(6-7-13-16)8-17-11-4-2-9(3-5-11)14-15-12/h2-7H,8H2,1H3. The third-order valence-electron chi connectivity index (χ3n) is 2.31. The van der Waals surface area contributed by atoms with Gasteiger partial charge < -0.3 is 4.74 Å². The Kier molecular flexibility index (Phi) is 3.28. The maximum atomic E-state index is 8.27. The van der Waals surface area contributed by atoms with Crippen LogP contribution in [0.3, 0.4) is 0 Å². The van der Waals surface area contributed by atoms with Crippen LogP contribution in [0.4, 0.5) is 5.69 Å². The number of nitrogens with zero attached hydrogens (tertiary/aromatic N) is 5. The molecule has 6 heteroatoms. The van der Waals surface area contributed by atoms with Crippen LogP contribution in [0.5, 0.6) is 5.75 Å². The molecule has 2 rings (SSSR count). The summed E-state index contributed by atoms with van der Waals surface area (Å²) in [6.45, 7) is 0.456. The average molecular weight is 229 g/mol. The van der Waals surface area contributed by atoms with Crippen molar-refractivity contribution in [3.8, 4) is 5.75 Å². The van der Waals surface area contributed by atoms with Crippen molar-refractivity contribution in [2.75, 3.05) is 0 Å². The van der Waals surface area contributed by atoms with Crippen molar-refractivity contribution in [3.63, 3.8) is 0 Å². The Hall–Kier alpha value is -2.46. The van der Waals surface area contributed by atoms with E-state index in [9.17, 15) is 0 Å². The van der Waals surface area contributed by atoms with Gasteiger partial charge in [-0.1, -0.05) is 5.11 Å². The summed E-state index contributed by atoms with van der Waals surface area (Å²) in [7, 11) is 1.86. The monoisotopic (exact) mass is 229 g/mol. The van der Waals surface area contributed by atoms with Crippen molar-refractivity contribution in [2.45, 2.75) is 6.61 Å². The third kappa shape index (κ3) is 2.76. The lowest BCUT2D eigenvalue weighted by atomic mass is 10.3. The molecule has 0 spiro atoms. The largest absolute Gasteiger partial charge is 0.487 e. The van der Waals surface area contributed by atoms with Crippen LogP contribution >= 0.6 is 0 Å². The lowest BCUT2D eigenvalue weighted by Crippen LogP contribution is -2.02. The fourth-order valence-electron chi connectivity index (χ4n) is 1.36. The van der Waals surface area contributed by atoms with Crippen LogP contribution in [0, 0.1) is 0 Å². The van der Waals surface area contributed by atoms with Crippen LogP contribution in [0.1, 0.15) is 5.69 Å². The van der Waals surface area contributed by atoms with E-state index in [4.69, 9.17) is 10.3 Å². The molecule has 0 aliphatic heterocycles. The fourth-order valence-corrected chi connectivity index (χ4v) is 1.36. The zero-order chi connectivity index (χ0) is 12.1. The molecule has 0 aliphatic carbocycles. The van der Waals surface area contributed by atoms with E-state index < -0.39 is 0 Å². The molecule has 0 bridgehead atoms. The Labute approximate surface area is 98.1 Å². The van der Waals surface area contributed by atoms with Gasteiger partial charge in [0.15, 0.2) is 0 Å². The minimum absolute atomic E-state index is 0.456. The number of hydrogen-bond acceptors (Lipinski definition) is 3. The zero-order valence-corrected chi connectivity index (χ0v) is 9.32. The number of azide groups is 1. The zero-order valence-electron chi connectivity index (χ0n) is 9.32. The van der Waals surface area contributed by atoms with E-state index in [0.717, 1.165) is 11.4 Å². The highest BCUT2D eigenvalue weighted by molar-refractivity contribution is 5.40. The Bertz CT molecular complexity index is 539. The molecular formula is C11H11N5O. The van der Waals surface area contributed by atoms with Gasteiger partial charge in [0.2, 0.25) is 0 Å². The Morgan fingerprint density at radius 3 is 2.71 bits per heavy atom. The minimum atomic E-state index is 0.456. The molecule has 6 nitrogen and oxygen atoms in total. The summed E-state index contributed by atoms with van der Waals surface area (Å²) in [5.41, 5.74) is 9.83. The smallest absolute Gasteiger partial charge is 0.130 e. The summed E-state index contributed by atoms with van der Waals surface area (Å²) in [6.07, 6.45) is 1.73. The summed E-state index contributed by atoms with van der Waals surface area (Å²) in [6, 6.07) is 8.84. The molecule has 0 aliphatic rings. The second-order valence-electron chi connectivity index (χ2n) is 3.42. The molecule has 0 saturated carbocycles. The quantitative estimate of drug-likeness (QED) is 0.459. The summed E-state index contributed by atoms with van der Waals surface area (Å²) < 4.78 is 7.33. The molecule has 86 valence electrons. The molecule has 0 fully saturated rings. The van der Waals surface area contributed by atoms with Crippen molar-refractivity contribution >= 4 is 5.69 Å². The van der Waals surface area contributed by atoms with Gasteiger partial charge in [0.1, 0.15) is 12.4 Å². The molecule has 0 unspecified atom stereocenters. The van der Waals surface area contributed by atoms with Crippen molar-refractivity contribution in [3.05, 3.63) is 52.7 Å². The van der Waals surface area contributed by atoms with E-state index in [0.29, 0.717) is 12.3 Å². The minimum Gasteiger partial charge on any atom is -0.487 e. The topological polar surface area (TPSA) is 75.8 Å². The maximum Gasteiger partial charge on any atom is 0.130 e. The van der Waals surface area contributed by atoms with Gasteiger partial charge in [-0.25, -0.2) is 0 Å². The Morgan fingerprint density at radius 1 is 1.35 bits per heavy atom. The number of hydrogen-bond donors (Lipinski definition) is 0. The number of aryl methyl sites for hydroxylation is 1. The van der Waals surface area contributed by atoms with Crippen LogP contribution in [0.25, 0.3) is 10.4 Å². The average Bonchev–Trinajstić information content (AvgIpc) is 2.75. The van der Waals surface area contributed by atoms with E-state index in [1.165, 1.54) is 0 Å². The van der Waals surface area contributed by atoms with E-state index >= 15 is 0 Å². The first-order chi connectivity index (χ1) is 8.29. The molecule has 2 aromatic rings. The van der Waals surface area contributed by atoms with E-state index in [2.05, 4.69) is 15.1 Å². The summed E-state index contributed by atoms with van der Waals surface area (Å²) >= 11 is 0. The number of ether oxygens (including phenoxy) is 1. The van der Waals surface area contributed by atoms with Gasteiger partial charge in [-0.15, -0.1) is 0 Å². The Morgan fingerprint density at radius 2 is 2.12 bits per heavy atom. The van der Waals surface area contributed by atoms with Gasteiger partial charge in [0, 0.05) is 23.8 Å². The summed E-state index contributed by atoms with van der Waals surface area (Å²) in [5, 5.41) is 7.53. The van der Waals surface area contributed by atoms with Crippen LogP contribution < -0.4 is 4.74 Å². The van der Waals surface area contributed by atoms with Crippen LogP contribution in [0.15, 0.2) is 41.6 Å². The fraction of sp³-hybridized carbons (Fsp3) is 0.182. The SMILES string of the molecule is Cn1nccc1COc1ccc(N=[N+]=[N-])cc1. The molecule has 1 aromatic carbocycles. The van der Waals surface area contributed by atoms with Gasteiger partial charge in [-0.05, 0) is 35.9 Å². The van der Waals surface area contributed by atoms with E-state index in [1.807, 2.05) is 13.1 Å². The molecule has 0 atom stereocenters. The van der Waals surface area contributed by atoms with Gasteiger partial charge in [0.25, 0.3) is 0 Å². The second-order valence-corrected chi connectivity index (χ2v) is 3.42. The van der Waals surface area contributed by atoms with E-state index in [-0.39, 0.29) is 0 Å². The first-order valence-corrected chi connectivity index (χ1v) is 5.04. The lowest BCUT2D eigenvalue weighted by molar-refractivity contribution is 0.295. The number of benzene rings is 1. The number of rotatable bonds is 4. The highest BCUT2D eigenvalue weighted by Crippen LogP contribution is 2.18. The molecule has 0 amide bonds. The van der Waals surface area contributed by atoms with Gasteiger partial charge in [-0.3, -0.25) is 4.68 Å². The number of aromatic nitrogens is 2. The van der Waals surface area contributed by atoms with Gasteiger partial charge in [-0.2, -0.15) is 5.10 Å². The van der Waals surface area contributed by atoms with Gasteiger partial charge in [0.05, 0.1) is 5.69 Å². The van der Waals surface area contributed by atoms with E-state index in [1.54, 1.807) is 35.1 Å². The van der Waals surface area contributed by atoms with Crippen molar-refractivity contribution in [1.29, 1.82) is 0 Å². The predicted molar refractivity (Wildman–Crippen MR) is 62.8 cm³/mol. The molecule has 0 saturated heterocycles. The van der Waals surface area contributed by atoms with Crippen LogP contribution in [-0.2, 0) is 13.7 Å². The maximum absolute atomic E-state index is 8.27. The lowest BCUT2D eigenvalue weighted by Gasteiger charge is -2.06. The predicted octanol–water partition coefficient (Wildman–Crippen LogP) is 2.94. The summed E-state index contributed by atoms with van der Waals surface area (Å²) in [5.74, 6) is 0.725.